The van der Waals surface area contributed by atoms with Gasteiger partial charge in [-0.05, 0) is 83.0 Å². The lowest BCUT2D eigenvalue weighted by atomic mass is 10.1. The molecule has 0 atom stereocenters. The van der Waals surface area contributed by atoms with Crippen molar-refractivity contribution in [2.75, 3.05) is 20.3 Å². The van der Waals surface area contributed by atoms with Crippen LogP contribution in [0.25, 0.3) is 0 Å². The van der Waals surface area contributed by atoms with Crippen LogP contribution in [0.5, 0.6) is 17.2 Å². The number of ether oxygens (including phenoxy) is 3. The van der Waals surface area contributed by atoms with Crippen LogP contribution in [0.2, 0.25) is 0 Å². The Balaban J connectivity index is 1.97. The van der Waals surface area contributed by atoms with E-state index in [2.05, 4.69) is 40.3 Å². The van der Waals surface area contributed by atoms with Crippen LogP contribution in [0.15, 0.2) is 39.9 Å². The van der Waals surface area contributed by atoms with Crippen molar-refractivity contribution in [3.63, 3.8) is 0 Å². The third-order valence-electron chi connectivity index (χ3n) is 3.72. The number of nitrogens with zero attached hydrogens (tertiary/aromatic N) is 1. The minimum Gasteiger partial charge on any atom is -0.493 e. The molecule has 27 heavy (non-hydrogen) atoms. The van der Waals surface area contributed by atoms with Crippen LogP contribution >= 0.6 is 28.1 Å². The zero-order valence-corrected chi connectivity index (χ0v) is 17.8. The van der Waals surface area contributed by atoms with Crippen molar-refractivity contribution in [3.05, 3.63) is 51.5 Å². The van der Waals surface area contributed by atoms with E-state index in [9.17, 15) is 0 Å². The van der Waals surface area contributed by atoms with Crippen LogP contribution in [0.1, 0.15) is 16.7 Å². The Bertz CT molecular complexity index is 843. The largest absolute Gasteiger partial charge is 0.493 e. The smallest absolute Gasteiger partial charge is 0.184 e. The van der Waals surface area contributed by atoms with Gasteiger partial charge in [-0.2, -0.15) is 5.10 Å². The van der Waals surface area contributed by atoms with Gasteiger partial charge in [0.05, 0.1) is 17.8 Å². The lowest BCUT2D eigenvalue weighted by Gasteiger charge is -2.14. The first kappa shape index (κ1) is 21.0. The number of thiocarbonyl (C=S) groups is 1. The number of halogens is 1. The van der Waals surface area contributed by atoms with Crippen LogP contribution in [-0.4, -0.2) is 31.7 Å². The molecule has 0 amide bonds. The van der Waals surface area contributed by atoms with Gasteiger partial charge < -0.3 is 19.9 Å². The molecule has 3 N–H and O–H groups in total. The van der Waals surface area contributed by atoms with Crippen molar-refractivity contribution in [1.82, 2.24) is 5.43 Å². The number of rotatable bonds is 8. The predicted molar refractivity (Wildman–Crippen MR) is 115 cm³/mol. The molecular weight excluding hydrogens is 430 g/mol. The Labute approximate surface area is 172 Å². The third kappa shape index (κ3) is 6.41. The molecule has 0 spiro atoms. The predicted octanol–water partition coefficient (Wildman–Crippen LogP) is 3.70. The highest BCUT2D eigenvalue weighted by atomic mass is 79.9. The molecule has 0 aromatic heterocycles. The van der Waals surface area contributed by atoms with Crippen molar-refractivity contribution in [1.29, 1.82) is 0 Å². The van der Waals surface area contributed by atoms with Crippen LogP contribution in [0.3, 0.4) is 0 Å². The van der Waals surface area contributed by atoms with E-state index in [1.165, 1.54) is 11.1 Å². The summed E-state index contributed by atoms with van der Waals surface area (Å²) in [5, 5.41) is 4.03. The number of hydrazone groups is 1. The highest BCUT2D eigenvalue weighted by Gasteiger charge is 2.11. The number of hydrogen-bond donors (Lipinski definition) is 2. The first-order chi connectivity index (χ1) is 12.9. The van der Waals surface area contributed by atoms with Gasteiger partial charge in [0.2, 0.25) is 0 Å². The van der Waals surface area contributed by atoms with E-state index in [1.54, 1.807) is 19.4 Å². The SMILES string of the molecule is COc1cc(/C=N\NC(N)=S)cc(Br)c1OCCOc1ccc(C)c(C)c1. The van der Waals surface area contributed by atoms with Crippen molar-refractivity contribution in [2.45, 2.75) is 13.8 Å². The summed E-state index contributed by atoms with van der Waals surface area (Å²) in [4.78, 5) is 0. The molecule has 0 aliphatic rings. The van der Waals surface area contributed by atoms with Gasteiger partial charge in [0.1, 0.15) is 19.0 Å². The van der Waals surface area contributed by atoms with Gasteiger partial charge >= 0.3 is 0 Å². The molecule has 0 bridgehead atoms. The monoisotopic (exact) mass is 451 g/mol. The maximum absolute atomic E-state index is 5.83. The summed E-state index contributed by atoms with van der Waals surface area (Å²) in [6.07, 6.45) is 1.58. The maximum atomic E-state index is 5.83. The summed E-state index contributed by atoms with van der Waals surface area (Å²) in [7, 11) is 1.58. The Kier molecular flexibility index (Phi) is 7.87. The maximum Gasteiger partial charge on any atom is 0.184 e. The second-order valence-corrected chi connectivity index (χ2v) is 7.01. The van der Waals surface area contributed by atoms with Gasteiger partial charge in [0, 0.05) is 0 Å². The minimum atomic E-state index is 0.0982. The summed E-state index contributed by atoms with van der Waals surface area (Å²) < 4.78 is 17.7. The Morgan fingerprint density at radius 2 is 1.93 bits per heavy atom. The van der Waals surface area contributed by atoms with E-state index in [0.29, 0.717) is 24.7 Å². The summed E-state index contributed by atoms with van der Waals surface area (Å²) in [6, 6.07) is 9.66. The number of aryl methyl sites for hydroxylation is 2. The zero-order valence-electron chi connectivity index (χ0n) is 15.4. The number of benzene rings is 2. The van der Waals surface area contributed by atoms with Crippen molar-refractivity contribution in [2.24, 2.45) is 10.8 Å². The minimum absolute atomic E-state index is 0.0982. The first-order valence-electron chi connectivity index (χ1n) is 8.19. The van der Waals surface area contributed by atoms with E-state index >= 15 is 0 Å². The third-order valence-corrected chi connectivity index (χ3v) is 4.40. The molecule has 2 rings (SSSR count). The topological polar surface area (TPSA) is 78.1 Å². The molecule has 6 nitrogen and oxygen atoms in total. The van der Waals surface area contributed by atoms with E-state index in [4.69, 9.17) is 32.2 Å². The fraction of sp³-hybridized carbons (Fsp3) is 0.263. The molecule has 0 saturated heterocycles. The molecule has 0 aliphatic heterocycles. The molecule has 0 aliphatic carbocycles. The van der Waals surface area contributed by atoms with Crippen molar-refractivity contribution >= 4 is 39.5 Å². The van der Waals surface area contributed by atoms with Crippen molar-refractivity contribution in [3.8, 4) is 17.2 Å². The molecular formula is C19H22BrN3O3S. The highest BCUT2D eigenvalue weighted by molar-refractivity contribution is 9.10. The van der Waals surface area contributed by atoms with Crippen LogP contribution < -0.4 is 25.4 Å². The van der Waals surface area contributed by atoms with Crippen molar-refractivity contribution < 1.29 is 14.2 Å². The zero-order chi connectivity index (χ0) is 19.8. The first-order valence-corrected chi connectivity index (χ1v) is 9.39. The molecule has 2 aromatic carbocycles. The average Bonchev–Trinajstić information content (AvgIpc) is 2.62. The van der Waals surface area contributed by atoms with Gasteiger partial charge in [-0.25, -0.2) is 0 Å². The number of nitrogens with one attached hydrogen (secondary N) is 1. The second-order valence-electron chi connectivity index (χ2n) is 5.71. The Morgan fingerprint density at radius 1 is 1.19 bits per heavy atom. The normalized spacial score (nSPS) is 10.7. The van der Waals surface area contributed by atoms with Gasteiger partial charge in [-0.15, -0.1) is 0 Å². The number of methoxy groups -OCH3 is 1. The molecule has 0 fully saturated rings. The van der Waals surface area contributed by atoms with Crippen LogP contribution in [0.4, 0.5) is 0 Å². The van der Waals surface area contributed by atoms with Gasteiger partial charge in [0.25, 0.3) is 0 Å². The molecule has 0 unspecified atom stereocenters. The van der Waals surface area contributed by atoms with E-state index < -0.39 is 0 Å². The summed E-state index contributed by atoms with van der Waals surface area (Å²) >= 11 is 8.20. The summed E-state index contributed by atoms with van der Waals surface area (Å²) in [6.45, 7) is 4.92. The molecule has 0 heterocycles. The van der Waals surface area contributed by atoms with Crippen LogP contribution in [-0.2, 0) is 0 Å². The second kappa shape index (κ2) is 10.1. The number of nitrogens with two attached hydrogens (primary N) is 1. The highest BCUT2D eigenvalue weighted by Crippen LogP contribution is 2.36. The standard InChI is InChI=1S/C19H22BrN3O3S/c1-12-4-5-15(8-13(12)2)25-6-7-26-18-16(20)9-14(10-17(18)24-3)11-22-23-19(21)27/h4-5,8-11H,6-7H2,1-3H3,(H3,21,23,27)/b22-11-. The number of hydrogen-bond acceptors (Lipinski definition) is 5. The van der Waals surface area contributed by atoms with E-state index in [-0.39, 0.29) is 5.11 Å². The van der Waals surface area contributed by atoms with Gasteiger partial charge in [0.15, 0.2) is 16.6 Å². The molecule has 144 valence electrons. The molecule has 0 radical (unpaired) electrons. The summed E-state index contributed by atoms with van der Waals surface area (Å²) in [5.74, 6) is 2.00. The average molecular weight is 452 g/mol. The lowest BCUT2D eigenvalue weighted by Crippen LogP contribution is -2.23. The molecule has 2 aromatic rings. The molecule has 8 heteroatoms. The fourth-order valence-electron chi connectivity index (χ4n) is 2.23. The van der Waals surface area contributed by atoms with E-state index in [0.717, 1.165) is 15.8 Å². The quantitative estimate of drug-likeness (QED) is 0.275. The lowest BCUT2D eigenvalue weighted by molar-refractivity contribution is 0.210. The van der Waals surface area contributed by atoms with Gasteiger partial charge in [-0.3, -0.25) is 5.43 Å². The Morgan fingerprint density at radius 3 is 2.59 bits per heavy atom. The summed E-state index contributed by atoms with van der Waals surface area (Å²) in [5.41, 5.74) is 11.1. The van der Waals surface area contributed by atoms with Crippen LogP contribution in [0, 0.1) is 13.8 Å². The van der Waals surface area contributed by atoms with E-state index in [1.807, 2.05) is 24.3 Å². The Hall–Kier alpha value is -2.32. The fourth-order valence-corrected chi connectivity index (χ4v) is 2.86. The molecule has 0 saturated carbocycles. The van der Waals surface area contributed by atoms with Gasteiger partial charge in [-0.1, -0.05) is 6.07 Å².